The first kappa shape index (κ1) is 83.9. The summed E-state index contributed by atoms with van der Waals surface area (Å²) in [5.74, 6) is 0.600. The Labute approximate surface area is 731 Å². The zero-order valence-electron chi connectivity index (χ0n) is 66.2. The monoisotopic (exact) mass is 1750 g/mol. The average molecular weight is 1750 g/mol. The van der Waals surface area contributed by atoms with Gasteiger partial charge in [0.25, 0.3) is 0 Å². The molecule has 6 heterocycles. The van der Waals surface area contributed by atoms with Gasteiger partial charge in [-0.05, 0) is 106 Å². The van der Waals surface area contributed by atoms with Crippen molar-refractivity contribution in [2.24, 2.45) is 0 Å². The van der Waals surface area contributed by atoms with Crippen LogP contribution in [0.15, 0.2) is 417 Å². The van der Waals surface area contributed by atoms with Crippen LogP contribution in [0.25, 0.3) is 134 Å². The van der Waals surface area contributed by atoms with Crippen molar-refractivity contribution in [2.45, 2.75) is 27.7 Å². The number of hydrogen-bond donors (Lipinski definition) is 0. The van der Waals surface area contributed by atoms with Crippen LogP contribution in [0.1, 0.15) is 22.8 Å². The van der Waals surface area contributed by atoms with Crippen LogP contribution in [0.5, 0.6) is 0 Å². The Balaban J connectivity index is 0.000000125. The van der Waals surface area contributed by atoms with Crippen LogP contribution in [0.4, 0.5) is 0 Å². The van der Waals surface area contributed by atoms with E-state index in [-0.39, 0.29) is 39.0 Å². The molecule has 0 aliphatic carbocycles. The number of hydrogen-bond acceptors (Lipinski definition) is 8. The fourth-order valence-electron chi connectivity index (χ4n) is 13.6. The van der Waals surface area contributed by atoms with Crippen molar-refractivity contribution in [3.05, 3.63) is 472 Å². The molecule has 14 heteroatoms. The minimum absolute atomic E-state index is 0. The number of aromatic nitrogens is 10. The molecule has 0 bridgehead atoms. The van der Waals surface area contributed by atoms with Crippen molar-refractivity contribution in [1.29, 1.82) is 0 Å². The Morgan fingerprint density at radius 2 is 0.617 bits per heavy atom. The van der Waals surface area contributed by atoms with Gasteiger partial charge in [-0.1, -0.05) is 236 Å². The van der Waals surface area contributed by atoms with Crippen molar-refractivity contribution in [3.8, 4) is 134 Å². The Hall–Kier alpha value is -14.0. The Kier molecular flexibility index (Phi) is 29.5. The normalized spacial score (nSPS) is 10.4. The number of para-hydroxylation sites is 4. The Morgan fingerprint density at radius 3 is 0.958 bits per heavy atom. The molecule has 0 unspecified atom stereocenters. The van der Waals surface area contributed by atoms with Gasteiger partial charge >= 0.3 is 39.0 Å². The molecule has 14 aromatic carbocycles. The molecule has 0 N–H and O–H groups in total. The van der Waals surface area contributed by atoms with Crippen molar-refractivity contribution < 1.29 is 43.4 Å². The molecule has 120 heavy (non-hydrogen) atoms. The molecule has 0 aliphatic heterocycles. The van der Waals surface area contributed by atoms with E-state index in [1.807, 2.05) is 225 Å². The predicted octanol–water partition coefficient (Wildman–Crippen LogP) is 26.0. The summed E-state index contributed by atoms with van der Waals surface area (Å²) >= 11 is 1.64. The fraction of sp³-hybridized carbons (Fsp3) is 0.0377. The van der Waals surface area contributed by atoms with Gasteiger partial charge in [0.15, 0.2) is 0 Å². The molecule has 0 saturated carbocycles. The quantitative estimate of drug-likeness (QED) is 0.0788. The van der Waals surface area contributed by atoms with E-state index in [1.54, 1.807) is 23.8 Å². The second-order valence-corrected chi connectivity index (χ2v) is 28.2. The zero-order valence-corrected chi connectivity index (χ0v) is 70.3. The van der Waals surface area contributed by atoms with Crippen LogP contribution in [0, 0.1) is 64.1 Å². The van der Waals surface area contributed by atoms with E-state index in [1.165, 1.54) is 61.2 Å². The van der Waals surface area contributed by atoms with Crippen LogP contribution >= 0.6 is 11.3 Å². The summed E-state index contributed by atoms with van der Waals surface area (Å²) in [7, 11) is 0. The summed E-state index contributed by atoms with van der Waals surface area (Å²) in [6, 6.07) is 142. The van der Waals surface area contributed by atoms with Crippen molar-refractivity contribution in [3.63, 3.8) is 0 Å². The van der Waals surface area contributed by atoms with Crippen molar-refractivity contribution in [2.75, 3.05) is 0 Å². The molecule has 6 aromatic heterocycles. The molecule has 0 atom stereocenters. The molecule has 0 saturated heterocycles. The van der Waals surface area contributed by atoms with Gasteiger partial charge in [0.05, 0.1) is 36.2 Å². The van der Waals surface area contributed by atoms with E-state index < -0.39 is 0 Å². The summed E-state index contributed by atoms with van der Waals surface area (Å²) in [6.07, 6.45) is 12.9. The molecule has 584 valence electrons. The summed E-state index contributed by atoms with van der Waals surface area (Å²) in [6.45, 7) is 8.30. The molecular formula is C106H80N10ORh2S. The minimum Gasteiger partial charge on any atom is -0.489 e. The maximum atomic E-state index is 5.27. The second-order valence-electron chi connectivity index (χ2n) is 27.3. The van der Waals surface area contributed by atoms with Gasteiger partial charge in [-0.25, -0.2) is 0 Å². The number of rotatable bonds is 14. The van der Waals surface area contributed by atoms with Crippen LogP contribution in [-0.4, -0.2) is 49.1 Å². The maximum absolute atomic E-state index is 5.27. The van der Waals surface area contributed by atoms with Gasteiger partial charge in [-0.3, -0.25) is 28.7 Å². The van der Waals surface area contributed by atoms with Crippen LogP contribution in [0.3, 0.4) is 0 Å². The summed E-state index contributed by atoms with van der Waals surface area (Å²) < 4.78 is 12.9. The zero-order chi connectivity index (χ0) is 80.5. The third-order valence-corrected chi connectivity index (χ3v) is 20.2. The molecule has 0 amide bonds. The topological polar surface area (TPSA) is 110 Å². The second kappa shape index (κ2) is 42.2. The van der Waals surface area contributed by atoms with Crippen molar-refractivity contribution in [1.82, 2.24) is 49.1 Å². The maximum Gasteiger partial charge on any atom is 3.00 e. The summed E-state index contributed by atoms with van der Waals surface area (Å²) in [4.78, 5) is 8.43. The van der Waals surface area contributed by atoms with Gasteiger partial charge in [0, 0.05) is 62.6 Å². The van der Waals surface area contributed by atoms with Gasteiger partial charge in [0.2, 0.25) is 0 Å². The summed E-state index contributed by atoms with van der Waals surface area (Å²) in [5, 5.41) is 21.1. The number of nitrogens with zero attached hydrogens (tertiary/aromatic N) is 10. The standard InChI is InChI=1S/2C21H15N2.2C17H15N2.C15H10NO.C15H10NS.2Rh/c2*1-3-7-17(8-4-1)18-11-13-19(14-12-18)20-15-22-23(16-20)21-9-5-2-6-10-21;2*1-13-17(15-9-5-3-6-10-15)14(2)19(18-13)16-11-7-4-8-12-16;2*1-2-5-12(6-3-1)13-7-4-8-14(11-13)15-16-9-10-17-15;;/h2*1-9,11-16H;2*3-11H,1-2H3;2*1-7,9-11H;;/q6*-1;2*+3. The molecular weight excluding hydrogens is 1670 g/mol. The molecule has 0 spiro atoms. The van der Waals surface area contributed by atoms with Gasteiger partial charge < -0.3 is 4.42 Å². The molecule has 0 radical (unpaired) electrons. The first-order chi connectivity index (χ1) is 58.2. The predicted molar refractivity (Wildman–Crippen MR) is 479 cm³/mol. The first-order valence-corrected chi connectivity index (χ1v) is 39.6. The van der Waals surface area contributed by atoms with Crippen LogP contribution < -0.4 is 0 Å². The van der Waals surface area contributed by atoms with E-state index in [0.29, 0.717) is 5.89 Å². The fourth-order valence-corrected chi connectivity index (χ4v) is 14.2. The van der Waals surface area contributed by atoms with Gasteiger partial charge in [-0.2, -0.15) is 129 Å². The van der Waals surface area contributed by atoms with E-state index in [2.05, 4.69) is 289 Å². The van der Waals surface area contributed by atoms with Crippen LogP contribution in [-0.2, 0) is 39.0 Å². The van der Waals surface area contributed by atoms with Crippen molar-refractivity contribution >= 4 is 11.3 Å². The van der Waals surface area contributed by atoms with Gasteiger partial charge in [0.1, 0.15) is 5.89 Å². The number of oxazole rings is 1. The molecule has 20 rings (SSSR count). The minimum atomic E-state index is 0. The third kappa shape index (κ3) is 21.6. The molecule has 0 aliphatic rings. The smallest absolute Gasteiger partial charge is 0.489 e. The number of aryl methyl sites for hydroxylation is 2. The average Bonchev–Trinajstić information content (AvgIpc) is 1.65. The van der Waals surface area contributed by atoms with Gasteiger partial charge in [-0.15, -0.1) is 89.5 Å². The van der Waals surface area contributed by atoms with E-state index >= 15 is 0 Å². The largest absolute Gasteiger partial charge is 3.00 e. The van der Waals surface area contributed by atoms with E-state index in [9.17, 15) is 0 Å². The summed E-state index contributed by atoms with van der Waals surface area (Å²) in [5.41, 5.74) is 29.1. The Bertz CT molecular complexity index is 6000. The third-order valence-electron chi connectivity index (χ3n) is 19.4. The number of thiazole rings is 1. The van der Waals surface area contributed by atoms with E-state index in [0.717, 1.165) is 89.5 Å². The SMILES string of the molecule is Cc1nn(-c2[c-]cccc2)c(C)c1-c1ccccc1.Cc1nn(-c2[c-]cccc2)c(C)c1-c1ccccc1.[Rh+3].[Rh+3].[c-]1ccc(-c2ccccc2)cc1-c1ncco1.[c-]1ccc(-c2ccccc2)cc1-c1nccs1.[c-]1ccccc1-n1cc(-c2ccc(-c3ccccc3)cc2)cn1.[c-]1ccccc1-n1cc(-c2ccc(-c3ccccc3)cc2)cn1. The Morgan fingerprint density at radius 1 is 0.292 bits per heavy atom. The first-order valence-electron chi connectivity index (χ1n) is 38.7. The van der Waals surface area contributed by atoms with Crippen LogP contribution in [0.2, 0.25) is 0 Å². The molecule has 11 nitrogen and oxygen atoms in total. The van der Waals surface area contributed by atoms with E-state index in [4.69, 9.17) is 4.42 Å². The molecule has 20 aromatic rings. The molecule has 0 fully saturated rings. The number of benzene rings is 14.